The molecule has 3 heteroatoms. The Balaban J connectivity index is 2.58. The van der Waals surface area contributed by atoms with Gasteiger partial charge in [-0.05, 0) is 47.2 Å². The van der Waals surface area contributed by atoms with Gasteiger partial charge in [-0.1, -0.05) is 52.1 Å². The average molecular weight is 307 g/mol. The van der Waals surface area contributed by atoms with Crippen LogP contribution in [0, 0.1) is 0 Å². The van der Waals surface area contributed by atoms with Gasteiger partial charge in [-0.3, -0.25) is 4.79 Å². The number of rotatable bonds is 4. The van der Waals surface area contributed by atoms with Crippen molar-refractivity contribution in [3.8, 4) is 0 Å². The summed E-state index contributed by atoms with van der Waals surface area (Å²) < 4.78 is 0. The van der Waals surface area contributed by atoms with Gasteiger partial charge in [-0.2, -0.15) is 0 Å². The molecule has 1 fully saturated rings. The zero-order valence-electron chi connectivity index (χ0n) is 14.2. The van der Waals surface area contributed by atoms with Crippen molar-refractivity contribution < 1.29 is 4.79 Å². The largest absolute Gasteiger partial charge is 0.290 e. The molecule has 2 aliphatic carbocycles. The van der Waals surface area contributed by atoms with Crippen molar-refractivity contribution in [3.63, 3.8) is 0 Å². The summed E-state index contributed by atoms with van der Waals surface area (Å²) in [6, 6.07) is 2.37. The van der Waals surface area contributed by atoms with Crippen LogP contribution >= 0.6 is 0 Å². The standard InChI is InChI=1S/C17H30OSi2/c1-7-19(3,4)16-13-11-9-10-12-14(13)17(15(16)18)20(5,6)8-2/h7-12H2,1-6H3. The van der Waals surface area contributed by atoms with Gasteiger partial charge in [0.25, 0.3) is 0 Å². The Labute approximate surface area is 126 Å². The highest BCUT2D eigenvalue weighted by Gasteiger charge is 2.45. The first-order valence-corrected chi connectivity index (χ1v) is 14.7. The van der Waals surface area contributed by atoms with Crippen LogP contribution in [-0.2, 0) is 4.79 Å². The van der Waals surface area contributed by atoms with Crippen molar-refractivity contribution in [1.29, 1.82) is 0 Å². The molecular formula is C17H30OSi2. The molecule has 112 valence electrons. The third-order valence-electron chi connectivity index (χ3n) is 5.65. The van der Waals surface area contributed by atoms with E-state index in [1.807, 2.05) is 0 Å². The number of allylic oxidation sites excluding steroid dienone is 4. The molecular weight excluding hydrogens is 276 g/mol. The van der Waals surface area contributed by atoms with Gasteiger partial charge < -0.3 is 0 Å². The molecule has 0 saturated heterocycles. The second kappa shape index (κ2) is 5.41. The zero-order chi connectivity index (χ0) is 15.1. The van der Waals surface area contributed by atoms with E-state index in [1.165, 1.54) is 59.3 Å². The lowest BCUT2D eigenvalue weighted by Crippen LogP contribution is -2.37. The summed E-state index contributed by atoms with van der Waals surface area (Å²) in [5, 5.41) is 2.64. The van der Waals surface area contributed by atoms with Crippen LogP contribution in [0.2, 0.25) is 38.3 Å². The lowest BCUT2D eigenvalue weighted by Gasteiger charge is -2.26. The van der Waals surface area contributed by atoms with Gasteiger partial charge in [-0.15, -0.1) is 0 Å². The minimum absolute atomic E-state index is 0.494. The number of fused-ring (bicyclic) bond motifs is 1. The highest BCUT2D eigenvalue weighted by molar-refractivity contribution is 6.95. The van der Waals surface area contributed by atoms with Gasteiger partial charge >= 0.3 is 0 Å². The average Bonchev–Trinajstić information content (AvgIpc) is 2.71. The van der Waals surface area contributed by atoms with Gasteiger partial charge in [0.05, 0.1) is 16.1 Å². The minimum atomic E-state index is -1.54. The van der Waals surface area contributed by atoms with Crippen LogP contribution in [-0.4, -0.2) is 21.9 Å². The summed E-state index contributed by atoms with van der Waals surface area (Å²) in [4.78, 5) is 13.2. The van der Waals surface area contributed by atoms with Crippen LogP contribution < -0.4 is 0 Å². The third kappa shape index (κ3) is 2.43. The molecule has 0 aromatic heterocycles. The Morgan fingerprint density at radius 1 is 0.800 bits per heavy atom. The van der Waals surface area contributed by atoms with Crippen molar-refractivity contribution in [2.45, 2.75) is 77.8 Å². The number of Topliss-reactive ketones (excluding diaryl/α,β-unsaturated/α-hetero) is 1. The monoisotopic (exact) mass is 306 g/mol. The third-order valence-corrected chi connectivity index (χ3v) is 12.9. The van der Waals surface area contributed by atoms with Gasteiger partial charge in [0.1, 0.15) is 0 Å². The second-order valence-electron chi connectivity index (χ2n) is 7.72. The molecule has 0 aromatic rings. The van der Waals surface area contributed by atoms with E-state index in [0.29, 0.717) is 5.78 Å². The van der Waals surface area contributed by atoms with E-state index in [1.54, 1.807) is 0 Å². The number of ketones is 1. The van der Waals surface area contributed by atoms with E-state index >= 15 is 0 Å². The first kappa shape index (κ1) is 16.0. The molecule has 0 atom stereocenters. The summed E-state index contributed by atoms with van der Waals surface area (Å²) >= 11 is 0. The molecule has 0 heterocycles. The van der Waals surface area contributed by atoms with Crippen LogP contribution in [0.3, 0.4) is 0 Å². The fourth-order valence-electron chi connectivity index (χ4n) is 3.64. The second-order valence-corrected chi connectivity index (χ2v) is 17.7. The van der Waals surface area contributed by atoms with Gasteiger partial charge in [0.2, 0.25) is 0 Å². The molecule has 0 radical (unpaired) electrons. The predicted octanol–water partition coefficient (Wildman–Crippen LogP) is 5.27. The maximum atomic E-state index is 13.2. The number of hydrogen-bond donors (Lipinski definition) is 0. The Bertz CT molecular complexity index is 451. The molecule has 0 aliphatic heterocycles. The van der Waals surface area contributed by atoms with Crippen LogP contribution in [0.15, 0.2) is 21.5 Å². The van der Waals surface area contributed by atoms with Crippen molar-refractivity contribution in [2.24, 2.45) is 0 Å². The Hall–Kier alpha value is -0.416. The van der Waals surface area contributed by atoms with Crippen molar-refractivity contribution in [1.82, 2.24) is 0 Å². The fraction of sp³-hybridized carbons (Fsp3) is 0.706. The highest BCUT2D eigenvalue weighted by Crippen LogP contribution is 2.46. The Morgan fingerprint density at radius 3 is 1.45 bits per heavy atom. The van der Waals surface area contributed by atoms with E-state index in [0.717, 1.165) is 0 Å². The number of hydrogen-bond acceptors (Lipinski definition) is 1. The normalized spacial score (nSPS) is 20.8. The van der Waals surface area contributed by atoms with Crippen molar-refractivity contribution in [3.05, 3.63) is 21.5 Å². The van der Waals surface area contributed by atoms with E-state index in [2.05, 4.69) is 40.0 Å². The van der Waals surface area contributed by atoms with E-state index < -0.39 is 16.1 Å². The zero-order valence-corrected chi connectivity index (χ0v) is 16.2. The maximum Gasteiger partial charge on any atom is 0.177 e. The van der Waals surface area contributed by atoms with Gasteiger partial charge in [-0.25, -0.2) is 0 Å². The summed E-state index contributed by atoms with van der Waals surface area (Å²) in [5.74, 6) is 0.494. The highest BCUT2D eigenvalue weighted by atomic mass is 28.3. The fourth-order valence-corrected chi connectivity index (χ4v) is 8.14. The predicted molar refractivity (Wildman–Crippen MR) is 93.5 cm³/mol. The molecule has 0 spiro atoms. The summed E-state index contributed by atoms with van der Waals surface area (Å²) in [6.07, 6.45) is 4.91. The van der Waals surface area contributed by atoms with Crippen molar-refractivity contribution >= 4 is 21.9 Å². The Morgan fingerprint density at radius 2 is 1.15 bits per heavy atom. The van der Waals surface area contributed by atoms with E-state index in [4.69, 9.17) is 0 Å². The summed E-state index contributed by atoms with van der Waals surface area (Å²) in [7, 11) is -3.08. The molecule has 0 N–H and O–H groups in total. The molecule has 1 nitrogen and oxygen atoms in total. The SMILES string of the molecule is CC[Si](C)(C)C1=C2CCCCC2=C([Si](C)(C)CC)C1=O. The first-order chi connectivity index (χ1) is 9.26. The first-order valence-electron chi connectivity index (χ1n) is 8.28. The molecule has 0 amide bonds. The van der Waals surface area contributed by atoms with E-state index in [-0.39, 0.29) is 0 Å². The molecule has 20 heavy (non-hydrogen) atoms. The van der Waals surface area contributed by atoms with E-state index in [9.17, 15) is 4.79 Å². The topological polar surface area (TPSA) is 17.1 Å². The smallest absolute Gasteiger partial charge is 0.177 e. The molecule has 1 saturated carbocycles. The minimum Gasteiger partial charge on any atom is -0.290 e. The van der Waals surface area contributed by atoms with Crippen molar-refractivity contribution in [2.75, 3.05) is 0 Å². The van der Waals surface area contributed by atoms with Crippen LogP contribution in [0.25, 0.3) is 0 Å². The number of carbonyl (C=O) groups is 1. The molecule has 0 unspecified atom stereocenters. The molecule has 0 aromatic carbocycles. The lowest BCUT2D eigenvalue weighted by molar-refractivity contribution is -0.111. The quantitative estimate of drug-likeness (QED) is 0.646. The lowest BCUT2D eigenvalue weighted by atomic mass is 9.92. The summed E-state index contributed by atoms with van der Waals surface area (Å²) in [5.41, 5.74) is 3.03. The summed E-state index contributed by atoms with van der Waals surface area (Å²) in [6.45, 7) is 14.1. The van der Waals surface area contributed by atoms with Gasteiger partial charge in [0.15, 0.2) is 5.78 Å². The van der Waals surface area contributed by atoms with Crippen LogP contribution in [0.4, 0.5) is 0 Å². The maximum absolute atomic E-state index is 13.2. The van der Waals surface area contributed by atoms with Crippen LogP contribution in [0.5, 0.6) is 0 Å². The number of carbonyl (C=O) groups excluding carboxylic acids is 1. The Kier molecular flexibility index (Phi) is 4.32. The van der Waals surface area contributed by atoms with Crippen LogP contribution in [0.1, 0.15) is 39.5 Å². The molecule has 2 aliphatic rings. The molecule has 2 rings (SSSR count). The molecule has 0 bridgehead atoms. The van der Waals surface area contributed by atoms with Gasteiger partial charge in [0, 0.05) is 0 Å².